The van der Waals surface area contributed by atoms with Gasteiger partial charge < -0.3 is 5.73 Å². The number of hydrogen-bond donors (Lipinski definition) is 2. The van der Waals surface area contributed by atoms with E-state index in [0.717, 1.165) is 0 Å². The van der Waals surface area contributed by atoms with Gasteiger partial charge in [-0.2, -0.15) is 5.21 Å². The summed E-state index contributed by atoms with van der Waals surface area (Å²) in [6.45, 7) is 0. The molecule has 1 heterocycles. The summed E-state index contributed by atoms with van der Waals surface area (Å²) in [5, 5.41) is 9.75. The molecule has 0 bridgehead atoms. The molecule has 0 aliphatic rings. The number of nitrogens with zero attached hydrogens (tertiary/aromatic N) is 3. The van der Waals surface area contributed by atoms with Gasteiger partial charge in [0.05, 0.1) is 5.69 Å². The van der Waals surface area contributed by atoms with Crippen LogP contribution in [0.25, 0.3) is 5.69 Å². The maximum Gasteiger partial charge on any atom is 0.248 e. The number of tetrazole rings is 1. The smallest absolute Gasteiger partial charge is 0.248 e. The van der Waals surface area contributed by atoms with Crippen LogP contribution in [0.4, 0.5) is 0 Å². The molecule has 76 valence electrons. The number of aromatic nitrogens is 4. The second-order valence-corrected chi connectivity index (χ2v) is 3.20. The Morgan fingerprint density at radius 1 is 1.53 bits per heavy atom. The highest BCUT2D eigenvalue weighted by molar-refractivity contribution is 7.71. The number of hydrogen-bond acceptors (Lipinski definition) is 4. The number of carbonyl (C=O) groups is 1. The first-order chi connectivity index (χ1) is 7.18. The van der Waals surface area contributed by atoms with Crippen LogP contribution in [0, 0.1) is 4.77 Å². The summed E-state index contributed by atoms with van der Waals surface area (Å²) in [7, 11) is 0. The van der Waals surface area contributed by atoms with Crippen molar-refractivity contribution in [2.45, 2.75) is 0 Å². The van der Waals surface area contributed by atoms with E-state index in [-0.39, 0.29) is 4.77 Å². The average molecular weight is 221 g/mol. The van der Waals surface area contributed by atoms with Crippen LogP contribution in [0.5, 0.6) is 0 Å². The van der Waals surface area contributed by atoms with Crippen LogP contribution < -0.4 is 5.73 Å². The summed E-state index contributed by atoms with van der Waals surface area (Å²) < 4.78 is 1.76. The van der Waals surface area contributed by atoms with Gasteiger partial charge in [0.25, 0.3) is 0 Å². The highest BCUT2D eigenvalue weighted by Gasteiger charge is 2.03. The molecule has 2 rings (SSSR count). The van der Waals surface area contributed by atoms with Gasteiger partial charge in [0.2, 0.25) is 10.7 Å². The number of amides is 1. The number of benzene rings is 1. The van der Waals surface area contributed by atoms with Gasteiger partial charge in [0.1, 0.15) is 0 Å². The normalized spacial score (nSPS) is 10.1. The fourth-order valence-corrected chi connectivity index (χ4v) is 1.35. The molecule has 0 atom stereocenters. The first-order valence-electron chi connectivity index (χ1n) is 4.09. The molecule has 15 heavy (non-hydrogen) atoms. The van der Waals surface area contributed by atoms with Crippen LogP contribution in [0.1, 0.15) is 10.4 Å². The molecule has 7 heteroatoms. The minimum absolute atomic E-state index is 0.289. The molecule has 0 unspecified atom stereocenters. The SMILES string of the molecule is NC(=O)c1cccc(-n2[nH]nnc2=S)c1. The lowest BCUT2D eigenvalue weighted by Gasteiger charge is -2.01. The minimum atomic E-state index is -0.490. The highest BCUT2D eigenvalue weighted by Crippen LogP contribution is 2.08. The fraction of sp³-hybridized carbons (Fsp3) is 0. The summed E-state index contributed by atoms with van der Waals surface area (Å²) in [5.74, 6) is -0.490. The van der Waals surface area contributed by atoms with Crippen molar-refractivity contribution >= 4 is 18.1 Å². The summed E-state index contributed by atoms with van der Waals surface area (Å²) >= 11 is 4.92. The van der Waals surface area contributed by atoms with Crippen LogP contribution in [-0.2, 0) is 0 Å². The summed E-state index contributed by atoms with van der Waals surface area (Å²) in [6, 6.07) is 6.71. The molecule has 1 aromatic heterocycles. The van der Waals surface area contributed by atoms with Crippen molar-refractivity contribution in [3.05, 3.63) is 34.6 Å². The Bertz CT molecular complexity index is 558. The Morgan fingerprint density at radius 2 is 2.33 bits per heavy atom. The van der Waals surface area contributed by atoms with Gasteiger partial charge in [0.15, 0.2) is 0 Å². The zero-order chi connectivity index (χ0) is 10.8. The number of carbonyl (C=O) groups excluding carboxylic acids is 1. The predicted octanol–water partition coefficient (Wildman–Crippen LogP) is 0.424. The van der Waals surface area contributed by atoms with Gasteiger partial charge in [-0.25, -0.2) is 4.68 Å². The van der Waals surface area contributed by atoms with Gasteiger partial charge in [-0.05, 0) is 30.4 Å². The molecular weight excluding hydrogens is 214 g/mol. The molecule has 0 aliphatic heterocycles. The van der Waals surface area contributed by atoms with E-state index in [4.69, 9.17) is 18.0 Å². The molecule has 0 spiro atoms. The second kappa shape index (κ2) is 3.62. The van der Waals surface area contributed by atoms with E-state index in [9.17, 15) is 4.79 Å². The van der Waals surface area contributed by atoms with E-state index in [0.29, 0.717) is 11.3 Å². The number of H-pyrrole nitrogens is 1. The predicted molar refractivity (Wildman–Crippen MR) is 55.1 cm³/mol. The summed E-state index contributed by atoms with van der Waals surface area (Å²) in [6.07, 6.45) is 0. The van der Waals surface area contributed by atoms with Gasteiger partial charge in [-0.1, -0.05) is 16.4 Å². The molecule has 3 N–H and O–H groups in total. The first-order valence-corrected chi connectivity index (χ1v) is 4.49. The maximum absolute atomic E-state index is 11.0. The van der Waals surface area contributed by atoms with E-state index < -0.39 is 5.91 Å². The van der Waals surface area contributed by atoms with Crippen molar-refractivity contribution in [2.75, 3.05) is 0 Å². The van der Waals surface area contributed by atoms with Crippen LogP contribution in [0.2, 0.25) is 0 Å². The molecule has 0 radical (unpaired) electrons. The number of nitrogens with one attached hydrogen (secondary N) is 1. The molecule has 0 aliphatic carbocycles. The van der Waals surface area contributed by atoms with Crippen LogP contribution >= 0.6 is 12.2 Å². The minimum Gasteiger partial charge on any atom is -0.366 e. The first kappa shape index (κ1) is 9.53. The largest absolute Gasteiger partial charge is 0.366 e. The highest BCUT2D eigenvalue weighted by atomic mass is 32.1. The molecule has 1 aromatic carbocycles. The van der Waals surface area contributed by atoms with Crippen molar-refractivity contribution in [2.24, 2.45) is 5.73 Å². The van der Waals surface area contributed by atoms with E-state index in [1.54, 1.807) is 24.3 Å². The Hall–Kier alpha value is -2.02. The third kappa shape index (κ3) is 1.77. The fourth-order valence-electron chi connectivity index (χ4n) is 1.16. The van der Waals surface area contributed by atoms with Crippen LogP contribution in [-0.4, -0.2) is 26.1 Å². The lowest BCUT2D eigenvalue weighted by atomic mass is 10.2. The van der Waals surface area contributed by atoms with Gasteiger partial charge in [-0.15, -0.1) is 0 Å². The van der Waals surface area contributed by atoms with Crippen molar-refractivity contribution in [1.29, 1.82) is 0 Å². The lowest BCUT2D eigenvalue weighted by molar-refractivity contribution is 0.100. The lowest BCUT2D eigenvalue weighted by Crippen LogP contribution is -2.11. The quantitative estimate of drug-likeness (QED) is 0.719. The van der Waals surface area contributed by atoms with E-state index >= 15 is 0 Å². The zero-order valence-electron chi connectivity index (χ0n) is 7.54. The molecule has 1 amide bonds. The van der Waals surface area contributed by atoms with Crippen molar-refractivity contribution in [1.82, 2.24) is 20.2 Å². The van der Waals surface area contributed by atoms with Gasteiger partial charge >= 0.3 is 0 Å². The summed E-state index contributed by atoms with van der Waals surface area (Å²) in [5.41, 5.74) is 6.23. The Balaban J connectivity index is 2.55. The zero-order valence-corrected chi connectivity index (χ0v) is 8.36. The van der Waals surface area contributed by atoms with Crippen LogP contribution in [0.3, 0.4) is 0 Å². The number of nitrogens with two attached hydrogens (primary N) is 1. The van der Waals surface area contributed by atoms with Crippen LogP contribution in [0.15, 0.2) is 24.3 Å². The Kier molecular flexibility index (Phi) is 2.30. The van der Waals surface area contributed by atoms with E-state index in [2.05, 4.69) is 15.5 Å². The summed E-state index contributed by atoms with van der Waals surface area (Å²) in [4.78, 5) is 11.0. The molecule has 0 saturated carbocycles. The van der Waals surface area contributed by atoms with Crippen molar-refractivity contribution in [3.8, 4) is 5.69 Å². The number of primary amides is 1. The van der Waals surface area contributed by atoms with Crippen molar-refractivity contribution < 1.29 is 4.79 Å². The monoisotopic (exact) mass is 221 g/mol. The molecule has 6 nitrogen and oxygen atoms in total. The van der Waals surface area contributed by atoms with Gasteiger partial charge in [0, 0.05) is 5.56 Å². The molecular formula is C8H7N5OS. The number of aromatic amines is 1. The third-order valence-corrected chi connectivity index (χ3v) is 2.12. The average Bonchev–Trinajstić information content (AvgIpc) is 2.64. The number of rotatable bonds is 2. The van der Waals surface area contributed by atoms with E-state index in [1.165, 1.54) is 4.68 Å². The topological polar surface area (TPSA) is 89.6 Å². The molecule has 0 saturated heterocycles. The van der Waals surface area contributed by atoms with Gasteiger partial charge in [-0.3, -0.25) is 4.79 Å². The standard InChI is InChI=1S/C8H7N5OS/c9-7(14)5-2-1-3-6(4-5)13-8(15)10-11-12-13/h1-4H,(H2,9,14)(H,10,12,15). The Labute approximate surface area is 89.7 Å². The van der Waals surface area contributed by atoms with Crippen molar-refractivity contribution in [3.63, 3.8) is 0 Å². The molecule has 2 aromatic rings. The second-order valence-electron chi connectivity index (χ2n) is 2.83. The third-order valence-electron chi connectivity index (χ3n) is 1.86. The maximum atomic E-state index is 11.0. The van der Waals surface area contributed by atoms with E-state index in [1.807, 2.05) is 0 Å². The Morgan fingerprint density at radius 3 is 2.93 bits per heavy atom. The molecule has 0 fully saturated rings.